The monoisotopic (exact) mass is 317 g/mol. The number of carboxylic acids is 1. The highest BCUT2D eigenvalue weighted by Crippen LogP contribution is 2.15. The summed E-state index contributed by atoms with van der Waals surface area (Å²) in [5, 5.41) is 11.9. The zero-order chi connectivity index (χ0) is 17.0. The Kier molecular flexibility index (Phi) is 5.36. The molecule has 0 saturated heterocycles. The molecule has 0 saturated carbocycles. The van der Waals surface area contributed by atoms with Crippen LogP contribution in [0.1, 0.15) is 54.9 Å². The van der Waals surface area contributed by atoms with Crippen LogP contribution in [0.15, 0.2) is 18.3 Å². The fraction of sp³-hybridized carbons (Fsp3) is 0.471. The van der Waals surface area contributed by atoms with Gasteiger partial charge in [0.05, 0.1) is 5.69 Å². The number of rotatable bonds is 7. The van der Waals surface area contributed by atoms with Gasteiger partial charge in [0, 0.05) is 6.20 Å². The minimum absolute atomic E-state index is 0.387. The molecule has 0 aliphatic rings. The van der Waals surface area contributed by atoms with Crippen molar-refractivity contribution in [2.75, 3.05) is 0 Å². The van der Waals surface area contributed by atoms with Gasteiger partial charge >= 0.3 is 5.97 Å². The molecule has 1 unspecified atom stereocenters. The van der Waals surface area contributed by atoms with Crippen molar-refractivity contribution in [3.63, 3.8) is 0 Å². The lowest BCUT2D eigenvalue weighted by atomic mass is 10.1. The normalized spacial score (nSPS) is 12.3. The molecule has 2 aromatic rings. The highest BCUT2D eigenvalue weighted by Gasteiger charge is 2.24. The van der Waals surface area contributed by atoms with Crippen LogP contribution in [0, 0.1) is 6.92 Å². The van der Waals surface area contributed by atoms with E-state index in [4.69, 9.17) is 0 Å². The van der Waals surface area contributed by atoms with Gasteiger partial charge in [-0.2, -0.15) is 0 Å². The second kappa shape index (κ2) is 7.26. The number of nitrogens with zero attached hydrogens (tertiary/aromatic N) is 2. The number of carbonyl (C=O) groups excluding carboxylic acids is 1. The van der Waals surface area contributed by atoms with E-state index < -0.39 is 12.0 Å². The number of hydrogen-bond acceptors (Lipinski definition) is 3. The second-order valence-corrected chi connectivity index (χ2v) is 5.70. The number of aliphatic carboxylic acids is 1. The first-order valence-electron chi connectivity index (χ1n) is 7.99. The Labute approximate surface area is 135 Å². The van der Waals surface area contributed by atoms with E-state index in [1.807, 2.05) is 32.9 Å². The van der Waals surface area contributed by atoms with E-state index in [0.29, 0.717) is 29.9 Å². The molecule has 0 bridgehead atoms. The molecule has 2 N–H and O–H groups in total. The van der Waals surface area contributed by atoms with Gasteiger partial charge in [-0.3, -0.25) is 9.20 Å². The van der Waals surface area contributed by atoms with Gasteiger partial charge in [0.2, 0.25) is 0 Å². The van der Waals surface area contributed by atoms with Crippen molar-refractivity contribution in [2.24, 2.45) is 0 Å². The lowest BCUT2D eigenvalue weighted by Gasteiger charge is -2.14. The van der Waals surface area contributed by atoms with E-state index in [1.54, 1.807) is 10.6 Å². The maximum Gasteiger partial charge on any atom is 0.326 e. The quantitative estimate of drug-likeness (QED) is 0.822. The number of carboxylic acid groups (broad SMARTS) is 1. The Morgan fingerprint density at radius 2 is 2.13 bits per heavy atom. The molecular weight excluding hydrogens is 294 g/mol. The summed E-state index contributed by atoms with van der Waals surface area (Å²) < 4.78 is 1.72. The second-order valence-electron chi connectivity index (χ2n) is 5.70. The Morgan fingerprint density at radius 1 is 1.39 bits per heavy atom. The molecule has 0 aromatic carbocycles. The van der Waals surface area contributed by atoms with Gasteiger partial charge in [-0.1, -0.05) is 26.7 Å². The zero-order valence-electron chi connectivity index (χ0n) is 13.8. The average Bonchev–Trinajstić information content (AvgIpc) is 2.88. The van der Waals surface area contributed by atoms with Crippen molar-refractivity contribution < 1.29 is 14.7 Å². The van der Waals surface area contributed by atoms with Crippen LogP contribution in [0.3, 0.4) is 0 Å². The Balaban J connectivity index is 2.34. The smallest absolute Gasteiger partial charge is 0.326 e. The van der Waals surface area contributed by atoms with E-state index >= 15 is 0 Å². The largest absolute Gasteiger partial charge is 0.480 e. The summed E-state index contributed by atoms with van der Waals surface area (Å²) in [6.45, 7) is 5.88. The van der Waals surface area contributed by atoms with Crippen LogP contribution in [0.4, 0.5) is 0 Å². The Hall–Kier alpha value is -2.37. The SMILES string of the molecule is CCCCC(NC(=O)c1c(CC)nc2cc(C)ccn12)C(=O)O. The maximum absolute atomic E-state index is 12.6. The number of nitrogens with one attached hydrogen (secondary N) is 1. The highest BCUT2D eigenvalue weighted by atomic mass is 16.4. The zero-order valence-corrected chi connectivity index (χ0v) is 13.8. The third kappa shape index (κ3) is 3.70. The lowest BCUT2D eigenvalue weighted by Crippen LogP contribution is -2.41. The van der Waals surface area contributed by atoms with Crippen molar-refractivity contribution in [3.05, 3.63) is 35.3 Å². The number of amides is 1. The maximum atomic E-state index is 12.6. The van der Waals surface area contributed by atoms with E-state index in [2.05, 4.69) is 10.3 Å². The summed E-state index contributed by atoms with van der Waals surface area (Å²) in [4.78, 5) is 28.4. The number of hydrogen-bond donors (Lipinski definition) is 2. The third-order valence-electron chi connectivity index (χ3n) is 3.85. The summed E-state index contributed by atoms with van der Waals surface area (Å²) in [6.07, 6.45) is 4.47. The van der Waals surface area contributed by atoms with E-state index in [-0.39, 0.29) is 5.91 Å². The van der Waals surface area contributed by atoms with Crippen molar-refractivity contribution in [3.8, 4) is 0 Å². The minimum atomic E-state index is -1.01. The number of carbonyl (C=O) groups is 2. The first-order valence-corrected chi connectivity index (χ1v) is 7.99. The predicted molar refractivity (Wildman–Crippen MR) is 87.7 cm³/mol. The standard InChI is InChI=1S/C17H23N3O3/c1-4-6-7-13(17(22)23)19-16(21)15-12(5-2)18-14-10-11(3)8-9-20(14)15/h8-10,13H,4-7H2,1-3H3,(H,19,21)(H,22,23). The molecule has 0 aliphatic heterocycles. The molecule has 2 heterocycles. The van der Waals surface area contributed by atoms with Crippen molar-refractivity contribution in [1.82, 2.24) is 14.7 Å². The molecular formula is C17H23N3O3. The first-order chi connectivity index (χ1) is 11.0. The fourth-order valence-corrected chi connectivity index (χ4v) is 2.57. The Morgan fingerprint density at radius 3 is 2.74 bits per heavy atom. The molecule has 0 radical (unpaired) electrons. The van der Waals surface area contributed by atoms with Crippen LogP contribution in [0.2, 0.25) is 0 Å². The molecule has 124 valence electrons. The Bertz CT molecular complexity index is 721. The van der Waals surface area contributed by atoms with E-state index in [9.17, 15) is 14.7 Å². The van der Waals surface area contributed by atoms with Crippen LogP contribution in [0.25, 0.3) is 5.65 Å². The average molecular weight is 317 g/mol. The lowest BCUT2D eigenvalue weighted by molar-refractivity contribution is -0.139. The molecule has 2 rings (SSSR count). The van der Waals surface area contributed by atoms with Gasteiger partial charge < -0.3 is 10.4 Å². The van der Waals surface area contributed by atoms with E-state index in [1.165, 1.54) is 0 Å². The summed E-state index contributed by atoms with van der Waals surface area (Å²) in [7, 11) is 0. The number of unbranched alkanes of at least 4 members (excludes halogenated alkanes) is 1. The van der Waals surface area contributed by atoms with Crippen LogP contribution in [-0.2, 0) is 11.2 Å². The molecule has 0 fully saturated rings. The fourth-order valence-electron chi connectivity index (χ4n) is 2.57. The number of pyridine rings is 1. The van der Waals surface area contributed by atoms with Crippen LogP contribution >= 0.6 is 0 Å². The van der Waals surface area contributed by atoms with Crippen molar-refractivity contribution in [2.45, 2.75) is 52.5 Å². The third-order valence-corrected chi connectivity index (χ3v) is 3.85. The van der Waals surface area contributed by atoms with Crippen LogP contribution < -0.4 is 5.32 Å². The molecule has 6 nitrogen and oxygen atoms in total. The van der Waals surface area contributed by atoms with E-state index in [0.717, 1.165) is 18.4 Å². The molecule has 0 spiro atoms. The van der Waals surface area contributed by atoms with Crippen LogP contribution in [-0.4, -0.2) is 32.4 Å². The summed E-state index contributed by atoms with van der Waals surface area (Å²) in [5.74, 6) is -1.39. The van der Waals surface area contributed by atoms with Gasteiger partial charge in [-0.25, -0.2) is 9.78 Å². The predicted octanol–water partition coefficient (Wildman–Crippen LogP) is 2.58. The van der Waals surface area contributed by atoms with Crippen LogP contribution in [0.5, 0.6) is 0 Å². The summed E-state index contributed by atoms with van der Waals surface area (Å²) in [5.41, 5.74) is 2.86. The number of aromatic nitrogens is 2. The molecule has 0 aliphatic carbocycles. The van der Waals surface area contributed by atoms with Gasteiger partial charge in [-0.15, -0.1) is 0 Å². The topological polar surface area (TPSA) is 83.7 Å². The molecule has 2 aromatic heterocycles. The van der Waals surface area contributed by atoms with Gasteiger partial charge in [0.15, 0.2) is 0 Å². The molecule has 1 atom stereocenters. The van der Waals surface area contributed by atoms with Gasteiger partial charge in [-0.05, 0) is 37.5 Å². The summed E-state index contributed by atoms with van der Waals surface area (Å²) in [6, 6.07) is 2.93. The number of imidazole rings is 1. The highest BCUT2D eigenvalue weighted by molar-refractivity contribution is 5.97. The van der Waals surface area contributed by atoms with Gasteiger partial charge in [0.1, 0.15) is 17.4 Å². The van der Waals surface area contributed by atoms with Crippen molar-refractivity contribution in [1.29, 1.82) is 0 Å². The molecule has 6 heteroatoms. The summed E-state index contributed by atoms with van der Waals surface area (Å²) >= 11 is 0. The minimum Gasteiger partial charge on any atom is -0.480 e. The van der Waals surface area contributed by atoms with Crippen molar-refractivity contribution >= 4 is 17.5 Å². The molecule has 23 heavy (non-hydrogen) atoms. The molecule has 1 amide bonds. The van der Waals surface area contributed by atoms with Gasteiger partial charge in [0.25, 0.3) is 5.91 Å². The number of aryl methyl sites for hydroxylation is 2. The first kappa shape index (κ1) is 17.0. The number of fused-ring (bicyclic) bond motifs is 1.